The van der Waals surface area contributed by atoms with Gasteiger partial charge in [-0.3, -0.25) is 4.98 Å². The first-order valence-electron chi connectivity index (χ1n) is 10.2. The fourth-order valence-corrected chi connectivity index (χ4v) is 3.40. The zero-order chi connectivity index (χ0) is 21.6. The predicted octanol–water partition coefficient (Wildman–Crippen LogP) is 6.19. The minimum absolute atomic E-state index is 0.449. The van der Waals surface area contributed by atoms with Gasteiger partial charge in [0, 0.05) is 17.6 Å². The van der Waals surface area contributed by atoms with Gasteiger partial charge in [0.2, 0.25) is 0 Å². The van der Waals surface area contributed by atoms with E-state index >= 15 is 0 Å². The molecule has 0 saturated carbocycles. The summed E-state index contributed by atoms with van der Waals surface area (Å²) in [4.78, 5) is 4.51. The van der Waals surface area contributed by atoms with Crippen LogP contribution in [0.25, 0.3) is 10.9 Å². The molecule has 4 aromatic rings. The van der Waals surface area contributed by atoms with Crippen molar-refractivity contribution in [2.75, 3.05) is 14.2 Å². The standard InChI is InChI=1S/C26H25NO4/c1-4-19-14-20(28-2)10-11-23(19)31-24-12-13-27-22-16-26(25(29-3)15-21(22)24)30-17-18-8-6-5-7-9-18/h5-16H,4,17H2,1-3H3. The second-order valence-electron chi connectivity index (χ2n) is 7.03. The SMILES string of the molecule is CCc1cc(OC)ccc1Oc1ccnc2cc(OCc3ccccc3)c(OC)cc12. The van der Waals surface area contributed by atoms with Crippen molar-refractivity contribution in [1.29, 1.82) is 0 Å². The minimum Gasteiger partial charge on any atom is -0.497 e. The Morgan fingerprint density at radius 2 is 1.61 bits per heavy atom. The first kappa shape index (κ1) is 20.5. The zero-order valence-electron chi connectivity index (χ0n) is 17.9. The number of pyridine rings is 1. The van der Waals surface area contributed by atoms with Crippen LogP contribution >= 0.6 is 0 Å². The summed E-state index contributed by atoms with van der Waals surface area (Å²) in [6.45, 7) is 2.54. The third-order valence-electron chi connectivity index (χ3n) is 5.09. The smallest absolute Gasteiger partial charge is 0.163 e. The summed E-state index contributed by atoms with van der Waals surface area (Å²) in [5.41, 5.74) is 2.92. The molecule has 0 saturated heterocycles. The van der Waals surface area contributed by atoms with E-state index in [1.165, 1.54) is 0 Å². The summed E-state index contributed by atoms with van der Waals surface area (Å²) in [5.74, 6) is 3.58. The lowest BCUT2D eigenvalue weighted by Gasteiger charge is -2.15. The van der Waals surface area contributed by atoms with Gasteiger partial charge in [-0.15, -0.1) is 0 Å². The average Bonchev–Trinajstić information content (AvgIpc) is 2.83. The fourth-order valence-electron chi connectivity index (χ4n) is 3.40. The first-order chi connectivity index (χ1) is 15.2. The Labute approximate surface area is 182 Å². The van der Waals surface area contributed by atoms with Crippen LogP contribution in [-0.2, 0) is 13.0 Å². The van der Waals surface area contributed by atoms with Crippen LogP contribution in [0.2, 0.25) is 0 Å². The van der Waals surface area contributed by atoms with Gasteiger partial charge in [-0.05, 0) is 47.9 Å². The normalized spacial score (nSPS) is 10.7. The Morgan fingerprint density at radius 1 is 0.774 bits per heavy atom. The van der Waals surface area contributed by atoms with Crippen LogP contribution in [0.4, 0.5) is 0 Å². The number of benzene rings is 3. The first-order valence-corrected chi connectivity index (χ1v) is 10.2. The summed E-state index contributed by atoms with van der Waals surface area (Å²) in [6, 6.07) is 21.5. The maximum absolute atomic E-state index is 6.29. The van der Waals surface area contributed by atoms with Gasteiger partial charge >= 0.3 is 0 Å². The van der Waals surface area contributed by atoms with Gasteiger partial charge in [0.1, 0.15) is 23.9 Å². The molecule has 5 heteroatoms. The van der Waals surface area contributed by atoms with Crippen molar-refractivity contribution in [2.24, 2.45) is 0 Å². The van der Waals surface area contributed by atoms with E-state index in [9.17, 15) is 0 Å². The third kappa shape index (κ3) is 4.56. The average molecular weight is 415 g/mol. The molecule has 0 aliphatic rings. The van der Waals surface area contributed by atoms with Crippen LogP contribution in [0, 0.1) is 0 Å². The topological polar surface area (TPSA) is 49.8 Å². The molecule has 0 fully saturated rings. The van der Waals surface area contributed by atoms with E-state index in [0.29, 0.717) is 23.9 Å². The van der Waals surface area contributed by atoms with Crippen molar-refractivity contribution in [3.05, 3.63) is 84.1 Å². The highest BCUT2D eigenvalue weighted by Crippen LogP contribution is 2.38. The van der Waals surface area contributed by atoms with Crippen LogP contribution < -0.4 is 18.9 Å². The molecule has 0 aliphatic carbocycles. The largest absolute Gasteiger partial charge is 0.497 e. The Kier molecular flexibility index (Phi) is 6.22. The molecule has 0 bridgehead atoms. The second kappa shape index (κ2) is 9.39. The molecule has 0 unspecified atom stereocenters. The maximum Gasteiger partial charge on any atom is 0.163 e. The number of fused-ring (bicyclic) bond motifs is 1. The fraction of sp³-hybridized carbons (Fsp3) is 0.192. The highest BCUT2D eigenvalue weighted by atomic mass is 16.5. The summed E-state index contributed by atoms with van der Waals surface area (Å²) in [7, 11) is 3.29. The van der Waals surface area contributed by atoms with E-state index in [-0.39, 0.29) is 0 Å². The molecule has 0 radical (unpaired) electrons. The molecule has 158 valence electrons. The van der Waals surface area contributed by atoms with E-state index < -0.39 is 0 Å². The number of rotatable bonds is 8. The van der Waals surface area contributed by atoms with Crippen LogP contribution in [0.3, 0.4) is 0 Å². The van der Waals surface area contributed by atoms with Gasteiger partial charge in [-0.2, -0.15) is 0 Å². The summed E-state index contributed by atoms with van der Waals surface area (Å²) in [5, 5.41) is 0.851. The molecule has 0 amide bonds. The van der Waals surface area contributed by atoms with Crippen LogP contribution in [0.15, 0.2) is 72.9 Å². The van der Waals surface area contributed by atoms with Crippen LogP contribution in [0.1, 0.15) is 18.1 Å². The Bertz CT molecular complexity index is 1170. The lowest BCUT2D eigenvalue weighted by Crippen LogP contribution is -1.99. The second-order valence-corrected chi connectivity index (χ2v) is 7.03. The van der Waals surface area contributed by atoms with E-state index in [1.54, 1.807) is 20.4 Å². The molecule has 1 heterocycles. The lowest BCUT2D eigenvalue weighted by molar-refractivity contribution is 0.285. The highest BCUT2D eigenvalue weighted by Gasteiger charge is 2.14. The molecule has 3 aromatic carbocycles. The molecule has 0 N–H and O–H groups in total. The molecule has 0 spiro atoms. The van der Waals surface area contributed by atoms with Gasteiger partial charge < -0.3 is 18.9 Å². The number of ether oxygens (including phenoxy) is 4. The Hall–Kier alpha value is -3.73. The summed E-state index contributed by atoms with van der Waals surface area (Å²) < 4.78 is 23.2. The van der Waals surface area contributed by atoms with Crippen molar-refractivity contribution in [2.45, 2.75) is 20.0 Å². The molecule has 1 aromatic heterocycles. The molecular weight excluding hydrogens is 390 g/mol. The van der Waals surface area contributed by atoms with E-state index in [2.05, 4.69) is 11.9 Å². The quantitative estimate of drug-likeness (QED) is 0.344. The number of nitrogens with zero attached hydrogens (tertiary/aromatic N) is 1. The van der Waals surface area contributed by atoms with Crippen molar-refractivity contribution < 1.29 is 18.9 Å². The van der Waals surface area contributed by atoms with Gasteiger partial charge in [-0.1, -0.05) is 37.3 Å². The number of methoxy groups -OCH3 is 2. The van der Waals surface area contributed by atoms with E-state index in [4.69, 9.17) is 18.9 Å². The van der Waals surface area contributed by atoms with Gasteiger partial charge in [0.25, 0.3) is 0 Å². The summed E-state index contributed by atoms with van der Waals surface area (Å²) >= 11 is 0. The molecule has 0 atom stereocenters. The maximum atomic E-state index is 6.29. The molecule has 5 nitrogen and oxygen atoms in total. The van der Waals surface area contributed by atoms with Gasteiger partial charge in [0.05, 0.1) is 19.7 Å². The van der Waals surface area contributed by atoms with Crippen LogP contribution in [-0.4, -0.2) is 19.2 Å². The minimum atomic E-state index is 0.449. The van der Waals surface area contributed by atoms with E-state index in [1.807, 2.05) is 66.7 Å². The third-order valence-corrected chi connectivity index (χ3v) is 5.09. The number of aromatic nitrogens is 1. The molecule has 0 aliphatic heterocycles. The monoisotopic (exact) mass is 415 g/mol. The number of hydrogen-bond acceptors (Lipinski definition) is 5. The Balaban J connectivity index is 1.67. The van der Waals surface area contributed by atoms with Crippen molar-refractivity contribution >= 4 is 10.9 Å². The van der Waals surface area contributed by atoms with Crippen LogP contribution in [0.5, 0.6) is 28.7 Å². The molecular formula is C26H25NO4. The van der Waals surface area contributed by atoms with E-state index in [0.717, 1.165) is 39.9 Å². The van der Waals surface area contributed by atoms with Crippen molar-refractivity contribution in [1.82, 2.24) is 4.98 Å². The zero-order valence-corrected chi connectivity index (χ0v) is 17.9. The highest BCUT2D eigenvalue weighted by molar-refractivity contribution is 5.88. The Morgan fingerprint density at radius 3 is 2.35 bits per heavy atom. The van der Waals surface area contributed by atoms with Crippen molar-refractivity contribution in [3.8, 4) is 28.7 Å². The van der Waals surface area contributed by atoms with Gasteiger partial charge in [0.15, 0.2) is 11.5 Å². The van der Waals surface area contributed by atoms with Crippen molar-refractivity contribution in [3.63, 3.8) is 0 Å². The molecule has 31 heavy (non-hydrogen) atoms. The lowest BCUT2D eigenvalue weighted by atomic mass is 10.1. The summed E-state index contributed by atoms with van der Waals surface area (Å²) in [6.07, 6.45) is 2.57. The number of hydrogen-bond donors (Lipinski definition) is 0. The number of aryl methyl sites for hydroxylation is 1. The van der Waals surface area contributed by atoms with Gasteiger partial charge in [-0.25, -0.2) is 0 Å². The predicted molar refractivity (Wildman–Crippen MR) is 122 cm³/mol. The molecule has 4 rings (SSSR count).